The Morgan fingerprint density at radius 2 is 1.90 bits per heavy atom. The van der Waals surface area contributed by atoms with E-state index in [1.165, 1.54) is 6.08 Å². The Labute approximate surface area is 184 Å². The first-order valence-corrected chi connectivity index (χ1v) is 11.0. The van der Waals surface area contributed by atoms with Crippen LogP contribution in [0.25, 0.3) is 0 Å². The first-order valence-electron chi connectivity index (χ1n) is 11.0. The Kier molecular flexibility index (Phi) is 6.51. The van der Waals surface area contributed by atoms with E-state index in [0.717, 1.165) is 16.7 Å². The number of aliphatic hydroxyl groups is 1. The summed E-state index contributed by atoms with van der Waals surface area (Å²) in [5.74, 6) is -0.627. The Hall–Kier alpha value is -2.34. The van der Waals surface area contributed by atoms with E-state index in [1.54, 1.807) is 26.2 Å². The van der Waals surface area contributed by atoms with Crippen LogP contribution in [0.2, 0.25) is 0 Å². The molecule has 1 fully saturated rings. The van der Waals surface area contributed by atoms with Gasteiger partial charge in [0.05, 0.1) is 12.4 Å². The smallest absolute Gasteiger partial charge is 0.334 e. The van der Waals surface area contributed by atoms with Crippen LogP contribution in [0.3, 0.4) is 0 Å². The van der Waals surface area contributed by atoms with Crippen LogP contribution < -0.4 is 0 Å². The molecule has 0 bridgehead atoms. The quantitative estimate of drug-likeness (QED) is 0.527. The molecule has 0 aromatic carbocycles. The minimum Gasteiger partial charge on any atom is -0.465 e. The van der Waals surface area contributed by atoms with Crippen LogP contribution in [-0.4, -0.2) is 23.1 Å². The van der Waals surface area contributed by atoms with Gasteiger partial charge < -0.3 is 19.0 Å². The van der Waals surface area contributed by atoms with Crippen LogP contribution in [0.1, 0.15) is 83.5 Å². The molecular weight excluding hydrogens is 396 g/mol. The largest absolute Gasteiger partial charge is 0.465 e. The van der Waals surface area contributed by atoms with Gasteiger partial charge in [0.15, 0.2) is 11.9 Å². The predicted octanol–water partition coefficient (Wildman–Crippen LogP) is 5.12. The van der Waals surface area contributed by atoms with E-state index in [0.29, 0.717) is 24.2 Å². The van der Waals surface area contributed by atoms with E-state index < -0.39 is 35.7 Å². The van der Waals surface area contributed by atoms with E-state index in [4.69, 9.17) is 13.9 Å². The Bertz CT molecular complexity index is 918. The highest BCUT2D eigenvalue weighted by Gasteiger charge is 2.61. The lowest BCUT2D eigenvalue weighted by Crippen LogP contribution is -2.54. The molecule has 2 aliphatic rings. The molecule has 6 heteroatoms. The van der Waals surface area contributed by atoms with Crippen molar-refractivity contribution in [2.24, 2.45) is 17.3 Å². The van der Waals surface area contributed by atoms with E-state index in [1.807, 2.05) is 34.6 Å². The molecule has 2 aliphatic carbocycles. The molecule has 0 aliphatic heterocycles. The first kappa shape index (κ1) is 23.3. The lowest BCUT2D eigenvalue weighted by Gasteiger charge is -2.55. The third-order valence-electron chi connectivity index (χ3n) is 7.26. The normalized spacial score (nSPS) is 32.5. The fraction of sp³-hybridized carbons (Fsp3) is 0.600. The molecule has 1 aromatic heterocycles. The maximum absolute atomic E-state index is 12.7. The molecule has 170 valence electrons. The monoisotopic (exact) mass is 430 g/mol. The number of aryl methyl sites for hydroxylation is 1. The van der Waals surface area contributed by atoms with Crippen LogP contribution in [-0.2, 0) is 19.1 Å². The van der Waals surface area contributed by atoms with Crippen molar-refractivity contribution < 1.29 is 28.6 Å². The summed E-state index contributed by atoms with van der Waals surface area (Å²) in [5.41, 5.74) is 2.30. The van der Waals surface area contributed by atoms with Gasteiger partial charge in [0.25, 0.3) is 0 Å². The predicted molar refractivity (Wildman–Crippen MR) is 116 cm³/mol. The van der Waals surface area contributed by atoms with E-state index in [9.17, 15) is 14.7 Å². The lowest BCUT2D eigenvalue weighted by molar-refractivity contribution is -0.198. The van der Waals surface area contributed by atoms with Gasteiger partial charge in [-0.2, -0.15) is 0 Å². The molecule has 0 radical (unpaired) electrons. The summed E-state index contributed by atoms with van der Waals surface area (Å²) >= 11 is 0. The summed E-state index contributed by atoms with van der Waals surface area (Å²) in [4.78, 5) is 25.4. The highest BCUT2D eigenvalue weighted by atomic mass is 16.6. The minimum atomic E-state index is -0.640. The fourth-order valence-electron chi connectivity index (χ4n) is 5.13. The number of furan rings is 1. The zero-order valence-electron chi connectivity index (χ0n) is 19.5. The molecule has 1 aromatic rings. The van der Waals surface area contributed by atoms with Crippen molar-refractivity contribution in [1.82, 2.24) is 0 Å². The number of esters is 2. The van der Waals surface area contributed by atoms with Crippen LogP contribution in [0.15, 0.2) is 34.0 Å². The highest BCUT2D eigenvalue weighted by molar-refractivity contribution is 5.87. The average Bonchev–Trinajstić information content (AvgIpc) is 3.08. The third kappa shape index (κ3) is 3.98. The van der Waals surface area contributed by atoms with Gasteiger partial charge in [0, 0.05) is 28.5 Å². The molecule has 0 unspecified atom stereocenters. The van der Waals surface area contributed by atoms with Crippen LogP contribution in [0.4, 0.5) is 0 Å². The van der Waals surface area contributed by atoms with Gasteiger partial charge in [0.1, 0.15) is 6.10 Å². The molecule has 1 saturated carbocycles. The topological polar surface area (TPSA) is 86.0 Å². The number of hydrogen-bond donors (Lipinski definition) is 1. The minimum absolute atomic E-state index is 0.165. The number of rotatable bonds is 4. The number of hydrogen-bond acceptors (Lipinski definition) is 6. The Balaban J connectivity index is 2.15. The number of fused-ring (bicyclic) bond motifs is 2. The van der Waals surface area contributed by atoms with Crippen LogP contribution >= 0.6 is 0 Å². The van der Waals surface area contributed by atoms with Gasteiger partial charge in [-0.3, -0.25) is 0 Å². The summed E-state index contributed by atoms with van der Waals surface area (Å²) in [6.45, 7) is 13.1. The summed E-state index contributed by atoms with van der Waals surface area (Å²) < 4.78 is 17.9. The summed E-state index contributed by atoms with van der Waals surface area (Å²) in [6, 6.07) is 0. The van der Waals surface area contributed by atoms with Gasteiger partial charge in [-0.15, -0.1) is 0 Å². The van der Waals surface area contributed by atoms with Gasteiger partial charge in [-0.25, -0.2) is 9.59 Å². The first-order chi connectivity index (χ1) is 14.5. The van der Waals surface area contributed by atoms with E-state index in [-0.39, 0.29) is 11.8 Å². The number of carbonyl (C=O) groups excluding carboxylic acids is 2. The molecule has 1 heterocycles. The number of carbonyl (C=O) groups is 2. The van der Waals surface area contributed by atoms with Crippen molar-refractivity contribution in [3.05, 3.63) is 46.4 Å². The Morgan fingerprint density at radius 3 is 2.52 bits per heavy atom. The van der Waals surface area contributed by atoms with Crippen molar-refractivity contribution in [2.45, 2.75) is 79.6 Å². The zero-order valence-corrected chi connectivity index (χ0v) is 19.5. The van der Waals surface area contributed by atoms with Crippen molar-refractivity contribution in [3.63, 3.8) is 0 Å². The molecule has 0 amide bonds. The molecule has 6 nitrogen and oxygen atoms in total. The van der Waals surface area contributed by atoms with Crippen molar-refractivity contribution >= 4 is 11.9 Å². The molecule has 0 saturated heterocycles. The summed E-state index contributed by atoms with van der Waals surface area (Å²) in [5, 5.41) is 10.7. The molecular formula is C25H34O6. The zero-order chi connectivity index (χ0) is 23.1. The van der Waals surface area contributed by atoms with Gasteiger partial charge in [-0.1, -0.05) is 25.5 Å². The van der Waals surface area contributed by atoms with Gasteiger partial charge in [-0.05, 0) is 58.9 Å². The van der Waals surface area contributed by atoms with E-state index >= 15 is 0 Å². The van der Waals surface area contributed by atoms with Gasteiger partial charge >= 0.3 is 11.9 Å². The maximum atomic E-state index is 12.7. The van der Waals surface area contributed by atoms with Crippen molar-refractivity contribution in [1.29, 1.82) is 0 Å². The summed E-state index contributed by atoms with van der Waals surface area (Å²) in [7, 11) is 0. The van der Waals surface area contributed by atoms with E-state index in [2.05, 4.69) is 0 Å². The number of ether oxygens (including phenoxy) is 2. The Morgan fingerprint density at radius 1 is 1.23 bits per heavy atom. The second-order valence-corrected chi connectivity index (χ2v) is 9.44. The number of allylic oxidation sites excluding steroid dienone is 2. The van der Waals surface area contributed by atoms with Gasteiger partial charge in [0.2, 0.25) is 0 Å². The number of aliphatic hydroxyl groups excluding tert-OH is 1. The van der Waals surface area contributed by atoms with Crippen LogP contribution in [0.5, 0.6) is 0 Å². The average molecular weight is 431 g/mol. The third-order valence-corrected chi connectivity index (χ3v) is 7.26. The van der Waals surface area contributed by atoms with Crippen molar-refractivity contribution in [3.8, 4) is 0 Å². The van der Waals surface area contributed by atoms with Crippen LogP contribution in [0, 0.1) is 24.2 Å². The molecule has 1 N–H and O–H groups in total. The molecule has 6 atom stereocenters. The lowest BCUT2D eigenvalue weighted by atomic mass is 9.52. The molecule has 0 spiro atoms. The fourth-order valence-corrected chi connectivity index (χ4v) is 5.13. The second-order valence-electron chi connectivity index (χ2n) is 9.44. The molecule has 31 heavy (non-hydrogen) atoms. The summed E-state index contributed by atoms with van der Waals surface area (Å²) in [6.07, 6.45) is 4.27. The SMILES string of the molecule is CC=C(C)C(=O)O[C@@H]1c2occ(C)c2[C@@H](OC(=O)C=C(C)C)[C@@]2(C)[C@@H]1CC[C@H](O)[C@@H]2C. The highest BCUT2D eigenvalue weighted by Crippen LogP contribution is 2.63. The maximum Gasteiger partial charge on any atom is 0.334 e. The van der Waals surface area contributed by atoms with Crippen molar-refractivity contribution in [2.75, 3.05) is 0 Å². The second kappa shape index (κ2) is 8.65. The molecule has 3 rings (SSSR count). The standard InChI is InChI=1S/C25H34O6/c1-8-14(4)24(28)31-21-17-9-10-18(26)16(6)25(17,7)23(30-19(27)11-13(2)3)20-15(5)12-29-22(20)21/h8,11-12,16-18,21,23,26H,9-10H2,1-7H3/t16-,17+,18-,21-,23+,25+/m0/s1.